The van der Waals surface area contributed by atoms with Gasteiger partial charge in [0, 0.05) is 61.3 Å². The van der Waals surface area contributed by atoms with E-state index in [1.807, 2.05) is 0 Å². The van der Waals surface area contributed by atoms with Gasteiger partial charge in [-0.15, -0.1) is 0 Å². The Morgan fingerprint density at radius 2 is 2.06 bits per heavy atom. The van der Waals surface area contributed by atoms with E-state index in [-0.39, 0.29) is 28.6 Å². The molecular weight excluding hydrogens is 431 g/mol. The van der Waals surface area contributed by atoms with Crippen molar-refractivity contribution in [1.82, 2.24) is 15.2 Å². The van der Waals surface area contributed by atoms with E-state index in [1.165, 1.54) is 36.4 Å². The summed E-state index contributed by atoms with van der Waals surface area (Å²) in [6, 6.07) is 8.32. The average molecular weight is 452 g/mol. The maximum absolute atomic E-state index is 14.0. The normalized spacial score (nSPS) is 17.4. The first-order chi connectivity index (χ1) is 16.0. The first-order valence-electron chi connectivity index (χ1n) is 10.5. The second-order valence-corrected chi connectivity index (χ2v) is 7.82. The quantitative estimate of drug-likeness (QED) is 0.300. The number of oxime groups is 1. The lowest BCUT2D eigenvalue weighted by Crippen LogP contribution is -2.44. The maximum Gasteiger partial charge on any atom is 0.270 e. The van der Waals surface area contributed by atoms with Gasteiger partial charge in [-0.05, 0) is 24.3 Å². The number of hydrogen-bond acceptors (Lipinski definition) is 8. The second kappa shape index (κ2) is 8.60. The Kier molecular flexibility index (Phi) is 5.48. The minimum absolute atomic E-state index is 0.129. The number of aromatic hydroxyl groups is 1. The highest BCUT2D eigenvalue weighted by molar-refractivity contribution is 6.58. The fraction of sp³-hybridized carbons (Fsp3) is 0.273. The number of aromatic nitrogens is 1. The smallest absolute Gasteiger partial charge is 0.270 e. The van der Waals surface area contributed by atoms with Gasteiger partial charge in [0.1, 0.15) is 23.8 Å². The molecule has 33 heavy (non-hydrogen) atoms. The molecule has 0 atom stereocenters. The minimum atomic E-state index is -0.512. The summed E-state index contributed by atoms with van der Waals surface area (Å²) < 4.78 is 14.0. The number of hydrogen-bond donors (Lipinski definition) is 3. The van der Waals surface area contributed by atoms with Crippen LogP contribution < -0.4 is 5.32 Å². The largest absolute Gasteiger partial charge is 0.494 e. The Hall–Kier alpha value is -3.83. The van der Waals surface area contributed by atoms with E-state index in [1.54, 1.807) is 0 Å². The third kappa shape index (κ3) is 4.03. The van der Waals surface area contributed by atoms with Gasteiger partial charge >= 0.3 is 0 Å². The van der Waals surface area contributed by atoms with Crippen LogP contribution in [0.1, 0.15) is 11.1 Å². The molecule has 1 fully saturated rings. The van der Waals surface area contributed by atoms with Crippen molar-refractivity contribution >= 4 is 33.7 Å². The molecule has 0 unspecified atom stereocenters. The lowest BCUT2D eigenvalue weighted by atomic mass is 10.0. The van der Waals surface area contributed by atoms with Crippen molar-refractivity contribution in [2.24, 2.45) is 10.1 Å². The molecule has 2 aliphatic heterocycles. The van der Waals surface area contributed by atoms with Crippen molar-refractivity contribution in [3.05, 3.63) is 63.5 Å². The van der Waals surface area contributed by atoms with E-state index in [0.717, 1.165) is 26.2 Å². The number of halogens is 1. The van der Waals surface area contributed by atoms with E-state index in [2.05, 4.69) is 25.3 Å². The molecule has 3 heterocycles. The van der Waals surface area contributed by atoms with E-state index in [0.29, 0.717) is 35.3 Å². The van der Waals surface area contributed by atoms with Crippen LogP contribution in [0.25, 0.3) is 10.9 Å². The van der Waals surface area contributed by atoms with Gasteiger partial charge in [0.2, 0.25) is 0 Å². The van der Waals surface area contributed by atoms with Gasteiger partial charge < -0.3 is 20.2 Å². The molecular formula is C22H21FN6O4. The molecule has 11 heteroatoms. The zero-order valence-corrected chi connectivity index (χ0v) is 17.5. The van der Waals surface area contributed by atoms with Gasteiger partial charge in [0.15, 0.2) is 5.88 Å². The Labute approximate surface area is 187 Å². The Balaban J connectivity index is 1.51. The van der Waals surface area contributed by atoms with E-state index in [4.69, 9.17) is 4.84 Å². The van der Waals surface area contributed by atoms with Crippen molar-refractivity contribution in [3.63, 3.8) is 0 Å². The number of fused-ring (bicyclic) bond motifs is 2. The summed E-state index contributed by atoms with van der Waals surface area (Å²) in [5, 5.41) is 29.9. The van der Waals surface area contributed by atoms with E-state index < -0.39 is 10.7 Å². The van der Waals surface area contributed by atoms with Crippen molar-refractivity contribution < 1.29 is 19.3 Å². The van der Waals surface area contributed by atoms with Gasteiger partial charge in [0.05, 0.1) is 16.2 Å². The molecule has 1 aromatic heterocycles. The van der Waals surface area contributed by atoms with Gasteiger partial charge in [-0.25, -0.2) is 9.38 Å². The summed E-state index contributed by atoms with van der Waals surface area (Å²) in [6.07, 6.45) is 0. The van der Waals surface area contributed by atoms with Crippen molar-refractivity contribution in [2.45, 2.75) is 0 Å². The number of non-ortho nitro benzene ring substituents is 1. The monoisotopic (exact) mass is 452 g/mol. The summed E-state index contributed by atoms with van der Waals surface area (Å²) in [6.45, 7) is 4.69. The summed E-state index contributed by atoms with van der Waals surface area (Å²) in [5.41, 5.74) is 2.01. The fourth-order valence-electron chi connectivity index (χ4n) is 4.10. The van der Waals surface area contributed by atoms with Gasteiger partial charge in [-0.3, -0.25) is 15.0 Å². The van der Waals surface area contributed by atoms with Crippen LogP contribution >= 0.6 is 0 Å². The molecule has 2 aliphatic rings. The molecule has 170 valence electrons. The Morgan fingerprint density at radius 1 is 1.24 bits per heavy atom. The number of nitrogens with zero attached hydrogens (tertiary/aromatic N) is 4. The van der Waals surface area contributed by atoms with Crippen LogP contribution in [0.3, 0.4) is 0 Å². The summed E-state index contributed by atoms with van der Waals surface area (Å²) in [7, 11) is 0. The molecule has 10 nitrogen and oxygen atoms in total. The molecule has 1 saturated heterocycles. The molecule has 2 aromatic carbocycles. The van der Waals surface area contributed by atoms with E-state index >= 15 is 0 Å². The molecule has 0 saturated carbocycles. The summed E-state index contributed by atoms with van der Waals surface area (Å²) in [4.78, 5) is 25.9. The van der Waals surface area contributed by atoms with Gasteiger partial charge in [0.25, 0.3) is 5.69 Å². The van der Waals surface area contributed by atoms with Crippen molar-refractivity contribution in [1.29, 1.82) is 0 Å². The molecule has 0 spiro atoms. The number of nitro benzene ring substituents is 1. The number of aliphatic imine (C=N–C) groups is 1. The number of aromatic amines is 1. The molecule has 0 bridgehead atoms. The fourth-order valence-corrected chi connectivity index (χ4v) is 4.10. The van der Waals surface area contributed by atoms with Gasteiger partial charge in [-0.2, -0.15) is 0 Å². The number of piperazine rings is 1. The lowest BCUT2D eigenvalue weighted by Gasteiger charge is -2.26. The zero-order chi connectivity index (χ0) is 22.9. The van der Waals surface area contributed by atoms with Crippen LogP contribution in [0.4, 0.5) is 15.8 Å². The third-order valence-corrected chi connectivity index (χ3v) is 5.74. The third-order valence-electron chi connectivity index (χ3n) is 5.74. The van der Waals surface area contributed by atoms with Crippen LogP contribution in [0.15, 0.2) is 46.5 Å². The van der Waals surface area contributed by atoms with E-state index in [9.17, 15) is 19.6 Å². The number of H-pyrrole nitrogens is 1. The Bertz CT molecular complexity index is 1300. The molecule has 3 aromatic rings. The van der Waals surface area contributed by atoms with Crippen LogP contribution in [0.5, 0.6) is 5.88 Å². The van der Waals surface area contributed by atoms with Crippen LogP contribution in [0.2, 0.25) is 0 Å². The molecule has 0 aliphatic carbocycles. The number of nitro groups is 1. The highest BCUT2D eigenvalue weighted by Gasteiger charge is 2.30. The van der Waals surface area contributed by atoms with Crippen LogP contribution in [0, 0.1) is 15.9 Å². The predicted octanol–water partition coefficient (Wildman–Crippen LogP) is 2.68. The minimum Gasteiger partial charge on any atom is -0.494 e. The maximum atomic E-state index is 14.0. The van der Waals surface area contributed by atoms with Crippen LogP contribution in [-0.4, -0.2) is 70.7 Å². The zero-order valence-electron chi connectivity index (χ0n) is 17.5. The Morgan fingerprint density at radius 3 is 2.85 bits per heavy atom. The highest BCUT2D eigenvalue weighted by atomic mass is 19.1. The average Bonchev–Trinajstić information content (AvgIpc) is 3.32. The number of nitrogens with one attached hydrogen (secondary N) is 2. The second-order valence-electron chi connectivity index (χ2n) is 7.82. The first kappa shape index (κ1) is 21.0. The molecule has 3 N–H and O–H groups in total. The van der Waals surface area contributed by atoms with Crippen molar-refractivity contribution in [3.8, 4) is 5.88 Å². The van der Waals surface area contributed by atoms with Crippen molar-refractivity contribution in [2.75, 3.05) is 39.3 Å². The lowest BCUT2D eigenvalue weighted by molar-refractivity contribution is -0.384. The predicted molar refractivity (Wildman–Crippen MR) is 121 cm³/mol. The highest BCUT2D eigenvalue weighted by Crippen LogP contribution is 2.37. The topological polar surface area (TPSA) is 128 Å². The number of rotatable bonds is 6. The SMILES string of the molecule is O=[N+]([O-])c1ccc2[nH]c(O)c(C3=Nc4ccc(F)cc4C3=NOCCN3CCNCC3)c2c1. The van der Waals surface area contributed by atoms with Gasteiger partial charge in [-0.1, -0.05) is 5.16 Å². The summed E-state index contributed by atoms with van der Waals surface area (Å²) >= 11 is 0. The first-order valence-corrected chi connectivity index (χ1v) is 10.5. The molecule has 0 amide bonds. The number of benzene rings is 2. The molecule has 5 rings (SSSR count). The molecule has 0 radical (unpaired) electrons. The standard InChI is InChI=1S/C22H21FN6O4/c23-13-1-3-18-16(11-13)20(27-33-10-9-28-7-5-24-6-8-28)21(25-18)19-15-12-14(29(31)32)2-4-17(15)26-22(19)30/h1-4,11-12,24,26,30H,5-10H2. The van der Waals surface area contributed by atoms with Crippen LogP contribution in [-0.2, 0) is 4.84 Å². The summed E-state index contributed by atoms with van der Waals surface area (Å²) in [5.74, 6) is -0.677.